The number of benzene rings is 1. The molecule has 0 fully saturated rings. The Balaban J connectivity index is 1.67. The molecule has 1 aromatic carbocycles. The lowest BCUT2D eigenvalue weighted by Crippen LogP contribution is -2.44. The van der Waals surface area contributed by atoms with E-state index in [4.69, 9.17) is 0 Å². The topological polar surface area (TPSA) is 33.0 Å². The molecule has 1 aromatic heterocycles. The highest BCUT2D eigenvalue weighted by Gasteiger charge is 2.20. The molecule has 1 unspecified atom stereocenters. The average Bonchev–Trinajstić information content (AvgIpc) is 2.61. The van der Waals surface area contributed by atoms with Gasteiger partial charge in [0.25, 0.3) is 5.91 Å². The third-order valence-corrected chi connectivity index (χ3v) is 4.91. The van der Waals surface area contributed by atoms with Gasteiger partial charge in [0.05, 0.1) is 6.04 Å². The van der Waals surface area contributed by atoms with E-state index in [9.17, 15) is 4.79 Å². The Labute approximate surface area is 151 Å². The first kappa shape index (κ1) is 17.7. The van der Waals surface area contributed by atoms with Crippen LogP contribution in [0.4, 0.5) is 0 Å². The molecule has 132 valence electrons. The van der Waals surface area contributed by atoms with Crippen LogP contribution in [-0.2, 0) is 24.2 Å². The maximum absolute atomic E-state index is 12.6. The summed E-state index contributed by atoms with van der Waals surface area (Å²) in [6.07, 6.45) is 10.0. The van der Waals surface area contributed by atoms with Crippen molar-refractivity contribution in [3.05, 3.63) is 65.5 Å². The quantitative estimate of drug-likeness (QED) is 0.800. The minimum Gasteiger partial charge on any atom is -0.344 e. The fourth-order valence-electron chi connectivity index (χ4n) is 3.66. The predicted octanol–water partition coefficient (Wildman–Crippen LogP) is 3.76. The van der Waals surface area contributed by atoms with Crippen LogP contribution in [0.25, 0.3) is 0 Å². The number of fused-ring (bicyclic) bond motifs is 1. The first-order valence-corrected chi connectivity index (χ1v) is 9.47. The zero-order valence-corrected chi connectivity index (χ0v) is 15.4. The molecule has 2 aromatic rings. The van der Waals surface area contributed by atoms with Gasteiger partial charge in [0.1, 0.15) is 0 Å². The predicted molar refractivity (Wildman–Crippen MR) is 100 cm³/mol. The maximum Gasteiger partial charge on any atom is 0.286 e. The van der Waals surface area contributed by atoms with Gasteiger partial charge in [-0.1, -0.05) is 44.2 Å². The lowest BCUT2D eigenvalue weighted by molar-refractivity contribution is -0.685. The Morgan fingerprint density at radius 2 is 1.80 bits per heavy atom. The van der Waals surface area contributed by atoms with Crippen molar-refractivity contribution in [1.29, 1.82) is 0 Å². The molecule has 0 spiro atoms. The van der Waals surface area contributed by atoms with E-state index in [1.54, 1.807) is 0 Å². The van der Waals surface area contributed by atoms with Crippen molar-refractivity contribution in [1.82, 2.24) is 5.32 Å². The minimum absolute atomic E-state index is 0.0759. The van der Waals surface area contributed by atoms with Gasteiger partial charge < -0.3 is 5.32 Å². The van der Waals surface area contributed by atoms with Crippen LogP contribution in [0, 0.1) is 5.92 Å². The molecule has 1 amide bonds. The van der Waals surface area contributed by atoms with Crippen LogP contribution >= 0.6 is 0 Å². The first-order valence-electron chi connectivity index (χ1n) is 9.47. The number of rotatable bonds is 6. The Hall–Kier alpha value is -2.16. The second-order valence-electron chi connectivity index (χ2n) is 7.54. The van der Waals surface area contributed by atoms with Gasteiger partial charge in [0.2, 0.25) is 6.54 Å². The van der Waals surface area contributed by atoms with E-state index in [0.29, 0.717) is 12.5 Å². The zero-order chi connectivity index (χ0) is 17.6. The van der Waals surface area contributed by atoms with E-state index in [0.717, 1.165) is 12.8 Å². The number of carbonyl (C=O) groups is 1. The highest BCUT2D eigenvalue weighted by atomic mass is 16.2. The van der Waals surface area contributed by atoms with E-state index in [2.05, 4.69) is 43.6 Å². The molecule has 3 rings (SSSR count). The van der Waals surface area contributed by atoms with E-state index in [-0.39, 0.29) is 11.9 Å². The molecule has 3 nitrogen and oxygen atoms in total. The second kappa shape index (κ2) is 8.28. The Morgan fingerprint density at radius 3 is 2.52 bits per heavy atom. The molecular weight excluding hydrogens is 308 g/mol. The van der Waals surface area contributed by atoms with Crippen LogP contribution in [-0.4, -0.2) is 5.91 Å². The van der Waals surface area contributed by atoms with Crippen LogP contribution in [0.5, 0.6) is 0 Å². The van der Waals surface area contributed by atoms with Gasteiger partial charge in [-0.2, -0.15) is 4.57 Å². The molecule has 0 saturated carbocycles. The standard InChI is InChI=1S/C22H28N2O/c1-17(2)14-21(19-9-4-3-5-10-19)23-22(25)16-24-13-12-18-8-6-7-11-20(18)15-24/h3-5,9-10,12-13,15,17,21H,6-8,11,14,16H2,1-2H3/p+1. The summed E-state index contributed by atoms with van der Waals surface area (Å²) < 4.78 is 2.02. The van der Waals surface area contributed by atoms with E-state index < -0.39 is 0 Å². The highest BCUT2D eigenvalue weighted by molar-refractivity contribution is 5.74. The number of carbonyl (C=O) groups excluding carboxylic acids is 1. The molecule has 0 bridgehead atoms. The van der Waals surface area contributed by atoms with E-state index in [1.807, 2.05) is 29.0 Å². The van der Waals surface area contributed by atoms with Crippen molar-refractivity contribution in [2.24, 2.45) is 5.92 Å². The van der Waals surface area contributed by atoms with Crippen LogP contribution < -0.4 is 9.88 Å². The van der Waals surface area contributed by atoms with Crippen molar-refractivity contribution in [2.75, 3.05) is 0 Å². The van der Waals surface area contributed by atoms with Crippen molar-refractivity contribution < 1.29 is 9.36 Å². The normalized spacial score (nSPS) is 14.8. The van der Waals surface area contributed by atoms with Gasteiger partial charge in [0, 0.05) is 11.6 Å². The van der Waals surface area contributed by atoms with Crippen molar-refractivity contribution in [3.63, 3.8) is 0 Å². The van der Waals surface area contributed by atoms with Crippen molar-refractivity contribution in [3.8, 4) is 0 Å². The summed E-state index contributed by atoms with van der Waals surface area (Å²) in [7, 11) is 0. The molecule has 0 radical (unpaired) electrons. The van der Waals surface area contributed by atoms with Gasteiger partial charge in [-0.05, 0) is 49.1 Å². The number of aryl methyl sites for hydroxylation is 2. The van der Waals surface area contributed by atoms with Crippen LogP contribution in [0.2, 0.25) is 0 Å². The molecule has 0 saturated heterocycles. The van der Waals surface area contributed by atoms with Crippen LogP contribution in [0.15, 0.2) is 48.8 Å². The summed E-state index contributed by atoms with van der Waals surface area (Å²) in [6, 6.07) is 12.5. The maximum atomic E-state index is 12.6. The zero-order valence-electron chi connectivity index (χ0n) is 15.4. The lowest BCUT2D eigenvalue weighted by Gasteiger charge is -2.20. The summed E-state index contributed by atoms with van der Waals surface area (Å²) in [6.45, 7) is 4.77. The smallest absolute Gasteiger partial charge is 0.286 e. The third-order valence-electron chi connectivity index (χ3n) is 4.91. The molecule has 1 aliphatic carbocycles. The molecular formula is C22H29N2O+. The number of aromatic nitrogens is 1. The summed E-state index contributed by atoms with van der Waals surface area (Å²) in [5, 5.41) is 3.23. The van der Waals surface area contributed by atoms with Gasteiger partial charge >= 0.3 is 0 Å². The molecule has 1 aliphatic rings. The third kappa shape index (κ3) is 4.91. The first-order chi connectivity index (χ1) is 12.1. The second-order valence-corrected chi connectivity index (χ2v) is 7.54. The number of nitrogens with one attached hydrogen (secondary N) is 1. The lowest BCUT2D eigenvalue weighted by atomic mass is 9.93. The number of hydrogen-bond acceptors (Lipinski definition) is 1. The Kier molecular flexibility index (Phi) is 5.85. The van der Waals surface area contributed by atoms with E-state index in [1.165, 1.54) is 36.0 Å². The molecule has 1 atom stereocenters. The molecule has 3 heteroatoms. The summed E-state index contributed by atoms with van der Waals surface area (Å²) in [4.78, 5) is 12.6. The summed E-state index contributed by atoms with van der Waals surface area (Å²) in [5.74, 6) is 0.608. The summed E-state index contributed by atoms with van der Waals surface area (Å²) >= 11 is 0. The molecule has 0 aliphatic heterocycles. The number of amides is 1. The molecule has 25 heavy (non-hydrogen) atoms. The minimum atomic E-state index is 0.0759. The highest BCUT2D eigenvalue weighted by Crippen LogP contribution is 2.21. The monoisotopic (exact) mass is 337 g/mol. The van der Waals surface area contributed by atoms with Gasteiger partial charge in [-0.25, -0.2) is 0 Å². The SMILES string of the molecule is CC(C)CC(NC(=O)C[n+]1ccc2c(c1)CCCC2)c1ccccc1. The van der Waals surface area contributed by atoms with Gasteiger partial charge in [-0.3, -0.25) is 4.79 Å². The van der Waals surface area contributed by atoms with Crippen molar-refractivity contribution >= 4 is 5.91 Å². The average molecular weight is 337 g/mol. The van der Waals surface area contributed by atoms with Gasteiger partial charge in [-0.15, -0.1) is 0 Å². The Morgan fingerprint density at radius 1 is 1.08 bits per heavy atom. The van der Waals surface area contributed by atoms with Crippen LogP contribution in [0.1, 0.15) is 55.8 Å². The van der Waals surface area contributed by atoms with Crippen LogP contribution in [0.3, 0.4) is 0 Å². The number of pyridine rings is 1. The fraction of sp³-hybridized carbons (Fsp3) is 0.455. The van der Waals surface area contributed by atoms with Crippen molar-refractivity contribution in [2.45, 2.75) is 58.5 Å². The molecule has 1 heterocycles. The number of hydrogen-bond donors (Lipinski definition) is 1. The fourth-order valence-corrected chi connectivity index (χ4v) is 3.66. The Bertz CT molecular complexity index is 709. The van der Waals surface area contributed by atoms with Gasteiger partial charge in [0.15, 0.2) is 12.4 Å². The number of nitrogens with zero attached hydrogens (tertiary/aromatic N) is 1. The summed E-state index contributed by atoms with van der Waals surface area (Å²) in [5.41, 5.74) is 4.04. The largest absolute Gasteiger partial charge is 0.344 e. The molecule has 1 N–H and O–H groups in total. The van der Waals surface area contributed by atoms with E-state index >= 15 is 0 Å².